The lowest BCUT2D eigenvalue weighted by molar-refractivity contribution is -0.120. The molecule has 4 nitrogen and oxygen atoms in total. The van der Waals surface area contributed by atoms with Crippen LogP contribution < -0.4 is 14.4 Å². The molecule has 4 aromatic carbocycles. The summed E-state index contributed by atoms with van der Waals surface area (Å²) >= 11 is 1.63. The van der Waals surface area contributed by atoms with Crippen LogP contribution >= 0.6 is 11.8 Å². The SMILES string of the molecule is COc1ccc(CN2C(=O)C(Cc3ccc(OC)cc3)(Sc3ccccc3)c3ccccc32)cc1. The van der Waals surface area contributed by atoms with Gasteiger partial charge in [0.15, 0.2) is 0 Å². The number of amides is 1. The average Bonchev–Trinajstić information content (AvgIpc) is 3.13. The van der Waals surface area contributed by atoms with E-state index in [0.717, 1.165) is 38.8 Å². The van der Waals surface area contributed by atoms with Crippen LogP contribution in [0, 0.1) is 0 Å². The van der Waals surface area contributed by atoms with Gasteiger partial charge in [-0.2, -0.15) is 0 Å². The van der Waals surface area contributed by atoms with Crippen molar-refractivity contribution in [2.45, 2.75) is 22.6 Å². The van der Waals surface area contributed by atoms with E-state index in [0.29, 0.717) is 13.0 Å². The van der Waals surface area contributed by atoms with Gasteiger partial charge in [-0.05, 0) is 53.6 Å². The molecule has 35 heavy (non-hydrogen) atoms. The molecule has 0 N–H and O–H groups in total. The molecule has 0 fully saturated rings. The van der Waals surface area contributed by atoms with Crippen LogP contribution in [0.3, 0.4) is 0 Å². The van der Waals surface area contributed by atoms with E-state index in [-0.39, 0.29) is 5.91 Å². The Morgan fingerprint density at radius 1 is 0.714 bits per heavy atom. The zero-order chi connectivity index (χ0) is 24.3. The highest BCUT2D eigenvalue weighted by molar-refractivity contribution is 8.01. The van der Waals surface area contributed by atoms with Crippen LogP contribution in [0.5, 0.6) is 11.5 Å². The topological polar surface area (TPSA) is 38.8 Å². The lowest BCUT2D eigenvalue weighted by Crippen LogP contribution is -2.39. The maximum Gasteiger partial charge on any atom is 0.248 e. The molecule has 0 radical (unpaired) electrons. The molecule has 0 bridgehead atoms. The van der Waals surface area contributed by atoms with Crippen molar-refractivity contribution in [3.05, 3.63) is 120 Å². The number of hydrogen-bond acceptors (Lipinski definition) is 4. The Hall–Kier alpha value is -3.70. The summed E-state index contributed by atoms with van der Waals surface area (Å²) in [6.07, 6.45) is 0.575. The van der Waals surface area contributed by atoms with Crippen LogP contribution in [0.1, 0.15) is 16.7 Å². The van der Waals surface area contributed by atoms with Crippen molar-refractivity contribution < 1.29 is 14.3 Å². The first kappa shape index (κ1) is 23.1. The summed E-state index contributed by atoms with van der Waals surface area (Å²) in [6, 6.07) is 34.3. The Balaban J connectivity index is 1.58. The molecule has 1 heterocycles. The Morgan fingerprint density at radius 2 is 1.29 bits per heavy atom. The largest absolute Gasteiger partial charge is 0.497 e. The Morgan fingerprint density at radius 3 is 1.91 bits per heavy atom. The van der Waals surface area contributed by atoms with Gasteiger partial charge in [0, 0.05) is 22.6 Å². The maximum atomic E-state index is 14.4. The van der Waals surface area contributed by atoms with Crippen LogP contribution in [-0.2, 0) is 22.5 Å². The van der Waals surface area contributed by atoms with Gasteiger partial charge in [-0.25, -0.2) is 0 Å². The van der Waals surface area contributed by atoms with Gasteiger partial charge in [-0.15, -0.1) is 11.8 Å². The third-order valence-corrected chi connectivity index (χ3v) is 7.76. The second kappa shape index (κ2) is 9.88. The first-order valence-corrected chi connectivity index (χ1v) is 12.4. The summed E-state index contributed by atoms with van der Waals surface area (Å²) in [5.74, 6) is 1.70. The molecule has 4 aromatic rings. The molecule has 0 saturated carbocycles. The molecule has 0 aliphatic carbocycles. The molecule has 5 heteroatoms. The lowest BCUT2D eigenvalue weighted by Gasteiger charge is -2.29. The van der Waals surface area contributed by atoms with E-state index in [9.17, 15) is 4.79 Å². The third-order valence-electron chi connectivity index (χ3n) is 6.37. The number of rotatable bonds is 8. The van der Waals surface area contributed by atoms with Gasteiger partial charge in [-0.3, -0.25) is 4.79 Å². The summed E-state index contributed by atoms with van der Waals surface area (Å²) in [4.78, 5) is 17.4. The molecule has 1 atom stereocenters. The number of nitrogens with zero attached hydrogens (tertiary/aromatic N) is 1. The molecule has 1 amide bonds. The van der Waals surface area contributed by atoms with Crippen molar-refractivity contribution >= 4 is 23.4 Å². The molecule has 1 aliphatic rings. The number of methoxy groups -OCH3 is 2. The Labute approximate surface area is 210 Å². The maximum absolute atomic E-state index is 14.4. The average molecular weight is 482 g/mol. The van der Waals surface area contributed by atoms with Gasteiger partial charge < -0.3 is 14.4 Å². The zero-order valence-corrected chi connectivity index (χ0v) is 20.6. The van der Waals surface area contributed by atoms with E-state index in [1.807, 2.05) is 83.8 Å². The summed E-state index contributed by atoms with van der Waals surface area (Å²) < 4.78 is 9.88. The monoisotopic (exact) mass is 481 g/mol. The highest BCUT2D eigenvalue weighted by Crippen LogP contribution is 2.53. The minimum atomic E-state index is -0.779. The minimum absolute atomic E-state index is 0.0965. The smallest absolute Gasteiger partial charge is 0.248 e. The van der Waals surface area contributed by atoms with E-state index >= 15 is 0 Å². The van der Waals surface area contributed by atoms with Crippen molar-refractivity contribution in [1.82, 2.24) is 0 Å². The fraction of sp³-hybridized carbons (Fsp3) is 0.167. The van der Waals surface area contributed by atoms with Gasteiger partial charge in [0.2, 0.25) is 5.91 Å². The molecule has 1 unspecified atom stereocenters. The van der Waals surface area contributed by atoms with E-state index in [1.54, 1.807) is 26.0 Å². The summed E-state index contributed by atoms with van der Waals surface area (Å²) in [7, 11) is 3.32. The Kier molecular flexibility index (Phi) is 6.51. The number of anilines is 1. The van der Waals surface area contributed by atoms with Gasteiger partial charge >= 0.3 is 0 Å². The fourth-order valence-corrected chi connectivity index (χ4v) is 6.00. The van der Waals surface area contributed by atoms with Crippen LogP contribution in [0.4, 0.5) is 5.69 Å². The fourth-order valence-electron chi connectivity index (χ4n) is 4.59. The summed E-state index contributed by atoms with van der Waals surface area (Å²) in [5.41, 5.74) is 4.15. The zero-order valence-electron chi connectivity index (χ0n) is 19.8. The second-order valence-electron chi connectivity index (χ2n) is 8.52. The molecule has 1 aliphatic heterocycles. The summed E-state index contributed by atoms with van der Waals surface area (Å²) in [5, 5.41) is 0. The van der Waals surface area contributed by atoms with Crippen molar-refractivity contribution in [3.63, 3.8) is 0 Å². The number of ether oxygens (including phenoxy) is 2. The predicted octanol–water partition coefficient (Wildman–Crippen LogP) is 6.48. The summed E-state index contributed by atoms with van der Waals surface area (Å²) in [6.45, 7) is 0.500. The third kappa shape index (κ3) is 4.52. The highest BCUT2D eigenvalue weighted by atomic mass is 32.2. The lowest BCUT2D eigenvalue weighted by atomic mass is 9.92. The van der Waals surface area contributed by atoms with Crippen LogP contribution in [-0.4, -0.2) is 20.1 Å². The number of fused-ring (bicyclic) bond motifs is 1. The minimum Gasteiger partial charge on any atom is -0.497 e. The molecule has 0 spiro atoms. The van der Waals surface area contributed by atoms with Crippen molar-refractivity contribution in [2.75, 3.05) is 19.1 Å². The van der Waals surface area contributed by atoms with Gasteiger partial charge in [0.25, 0.3) is 0 Å². The predicted molar refractivity (Wildman–Crippen MR) is 141 cm³/mol. The number of carbonyl (C=O) groups excluding carboxylic acids is 1. The standard InChI is InChI=1S/C30H27NO3S/c1-33-24-16-12-22(13-17-24)20-30(35-26-8-4-3-5-9-26)27-10-6-7-11-28(27)31(29(30)32)21-23-14-18-25(34-2)19-15-23/h3-19H,20-21H2,1-2H3. The number of carbonyl (C=O) groups is 1. The van der Waals surface area contributed by atoms with Gasteiger partial charge in [0.1, 0.15) is 16.2 Å². The van der Waals surface area contributed by atoms with Crippen molar-refractivity contribution in [2.24, 2.45) is 0 Å². The number of para-hydroxylation sites is 1. The quantitative estimate of drug-likeness (QED) is 0.289. The van der Waals surface area contributed by atoms with Crippen LogP contribution in [0.2, 0.25) is 0 Å². The molecular weight excluding hydrogens is 454 g/mol. The number of benzene rings is 4. The second-order valence-corrected chi connectivity index (χ2v) is 9.90. The van der Waals surface area contributed by atoms with Crippen molar-refractivity contribution in [1.29, 1.82) is 0 Å². The van der Waals surface area contributed by atoms with Gasteiger partial charge in [0.05, 0.1) is 20.8 Å². The van der Waals surface area contributed by atoms with Crippen molar-refractivity contribution in [3.8, 4) is 11.5 Å². The molecule has 5 rings (SSSR count). The molecule has 0 aromatic heterocycles. The van der Waals surface area contributed by atoms with E-state index in [2.05, 4.69) is 24.3 Å². The van der Waals surface area contributed by atoms with E-state index in [4.69, 9.17) is 9.47 Å². The highest BCUT2D eigenvalue weighted by Gasteiger charge is 2.51. The van der Waals surface area contributed by atoms with E-state index < -0.39 is 4.75 Å². The first-order valence-electron chi connectivity index (χ1n) is 11.5. The molecule has 0 saturated heterocycles. The Bertz CT molecular complexity index is 1310. The number of thioether (sulfide) groups is 1. The van der Waals surface area contributed by atoms with Crippen LogP contribution in [0.25, 0.3) is 0 Å². The van der Waals surface area contributed by atoms with E-state index in [1.165, 1.54) is 0 Å². The number of hydrogen-bond donors (Lipinski definition) is 0. The normalized spacial score (nSPS) is 16.7. The molecule has 176 valence electrons. The molecular formula is C30H27NO3S. The first-order chi connectivity index (χ1) is 17.1. The van der Waals surface area contributed by atoms with Crippen LogP contribution in [0.15, 0.2) is 108 Å². The van der Waals surface area contributed by atoms with Gasteiger partial charge in [-0.1, -0.05) is 60.7 Å².